The van der Waals surface area contributed by atoms with Crippen molar-refractivity contribution in [1.29, 1.82) is 0 Å². The zero-order valence-corrected chi connectivity index (χ0v) is 13.1. The number of imide groups is 1. The molecule has 2 rings (SSSR count). The van der Waals surface area contributed by atoms with Crippen molar-refractivity contribution in [2.45, 2.75) is 51.6 Å². The van der Waals surface area contributed by atoms with Gasteiger partial charge >= 0.3 is 6.03 Å². The molecule has 0 bridgehead atoms. The van der Waals surface area contributed by atoms with Gasteiger partial charge in [0.05, 0.1) is 19.4 Å². The first-order valence-corrected chi connectivity index (χ1v) is 8.03. The van der Waals surface area contributed by atoms with Crippen molar-refractivity contribution in [2.24, 2.45) is 0 Å². The van der Waals surface area contributed by atoms with E-state index in [-0.39, 0.29) is 19.0 Å². The highest BCUT2D eigenvalue weighted by Gasteiger charge is 2.22. The number of rotatable bonds is 6. The van der Waals surface area contributed by atoms with Gasteiger partial charge in [-0.15, -0.1) is 0 Å². The molecule has 0 atom stereocenters. The summed E-state index contributed by atoms with van der Waals surface area (Å²) < 4.78 is 5.11. The van der Waals surface area contributed by atoms with E-state index in [9.17, 15) is 9.59 Å². The molecular weight excluding hydrogens is 282 g/mol. The Morgan fingerprint density at radius 2 is 2.09 bits per heavy atom. The number of nitrogens with zero attached hydrogens (tertiary/aromatic N) is 1. The molecule has 6 nitrogen and oxygen atoms in total. The van der Waals surface area contributed by atoms with Crippen LogP contribution in [0.1, 0.15) is 44.8 Å². The van der Waals surface area contributed by atoms with Crippen LogP contribution in [0.5, 0.6) is 0 Å². The highest BCUT2D eigenvalue weighted by molar-refractivity contribution is 5.95. The molecule has 122 valence electrons. The summed E-state index contributed by atoms with van der Waals surface area (Å²) in [5.74, 6) is 0.393. The van der Waals surface area contributed by atoms with Gasteiger partial charge in [-0.25, -0.2) is 4.79 Å². The van der Waals surface area contributed by atoms with E-state index in [4.69, 9.17) is 4.42 Å². The average molecular weight is 307 g/mol. The summed E-state index contributed by atoms with van der Waals surface area (Å²) >= 11 is 0. The first-order valence-electron chi connectivity index (χ1n) is 8.03. The first-order chi connectivity index (χ1) is 10.7. The third-order valence-electron chi connectivity index (χ3n) is 4.10. The number of amides is 3. The van der Waals surface area contributed by atoms with E-state index in [1.54, 1.807) is 18.4 Å². The zero-order chi connectivity index (χ0) is 15.8. The fraction of sp³-hybridized carbons (Fsp3) is 0.625. The predicted octanol–water partition coefficient (Wildman–Crippen LogP) is 2.26. The minimum atomic E-state index is -0.485. The summed E-state index contributed by atoms with van der Waals surface area (Å²) in [7, 11) is 0. The Morgan fingerprint density at radius 3 is 2.73 bits per heavy atom. The molecule has 0 radical (unpaired) electrons. The Bertz CT molecular complexity index is 467. The normalized spacial score (nSPS) is 15.7. The van der Waals surface area contributed by atoms with Crippen molar-refractivity contribution in [1.82, 2.24) is 15.5 Å². The Morgan fingerprint density at radius 1 is 1.32 bits per heavy atom. The molecule has 0 unspecified atom stereocenters. The van der Waals surface area contributed by atoms with E-state index >= 15 is 0 Å². The molecule has 1 aliphatic carbocycles. The molecule has 1 heterocycles. The average Bonchev–Trinajstić information content (AvgIpc) is 3.05. The lowest BCUT2D eigenvalue weighted by atomic mass is 9.94. The minimum Gasteiger partial charge on any atom is -0.467 e. The molecular formula is C16H25N3O3. The van der Waals surface area contributed by atoms with E-state index in [1.165, 1.54) is 19.3 Å². The lowest BCUT2D eigenvalue weighted by Crippen LogP contribution is -2.47. The molecule has 6 heteroatoms. The van der Waals surface area contributed by atoms with Gasteiger partial charge in [0.1, 0.15) is 5.76 Å². The van der Waals surface area contributed by atoms with E-state index < -0.39 is 6.03 Å². The van der Waals surface area contributed by atoms with Crippen molar-refractivity contribution < 1.29 is 14.0 Å². The maximum Gasteiger partial charge on any atom is 0.321 e. The van der Waals surface area contributed by atoms with Crippen molar-refractivity contribution in [3.63, 3.8) is 0 Å². The van der Waals surface area contributed by atoms with E-state index in [0.717, 1.165) is 19.4 Å². The highest BCUT2D eigenvalue weighted by Crippen LogP contribution is 2.22. The van der Waals surface area contributed by atoms with Crippen molar-refractivity contribution in [3.05, 3.63) is 24.2 Å². The predicted molar refractivity (Wildman–Crippen MR) is 83.2 cm³/mol. The number of carbonyl (C=O) groups excluding carboxylic acids is 2. The van der Waals surface area contributed by atoms with Crippen LogP contribution in [-0.4, -0.2) is 36.0 Å². The molecule has 0 aromatic carbocycles. The van der Waals surface area contributed by atoms with Crippen molar-refractivity contribution in [2.75, 3.05) is 13.1 Å². The van der Waals surface area contributed by atoms with Crippen LogP contribution in [0.3, 0.4) is 0 Å². The van der Waals surface area contributed by atoms with Gasteiger partial charge in [-0.2, -0.15) is 0 Å². The third-order valence-corrected chi connectivity index (χ3v) is 4.10. The third kappa shape index (κ3) is 5.18. The lowest BCUT2D eigenvalue weighted by molar-refractivity contribution is -0.121. The Kier molecular flexibility index (Phi) is 6.45. The van der Waals surface area contributed by atoms with E-state index in [2.05, 4.69) is 22.5 Å². The SMILES string of the molecule is CCN(CC(=O)NC(=O)NCc1ccco1)C1CCCCC1. The molecule has 1 saturated carbocycles. The van der Waals surface area contributed by atoms with Gasteiger partial charge in [-0.1, -0.05) is 26.2 Å². The molecule has 0 spiro atoms. The molecule has 22 heavy (non-hydrogen) atoms. The molecule has 2 N–H and O–H groups in total. The number of nitrogens with one attached hydrogen (secondary N) is 2. The molecule has 3 amide bonds. The largest absolute Gasteiger partial charge is 0.467 e. The summed E-state index contributed by atoms with van der Waals surface area (Å²) in [4.78, 5) is 25.8. The molecule has 0 saturated heterocycles. The molecule has 1 aliphatic rings. The van der Waals surface area contributed by atoms with Gasteiger partial charge in [0, 0.05) is 6.04 Å². The van der Waals surface area contributed by atoms with E-state index in [1.807, 2.05) is 0 Å². The van der Waals surface area contributed by atoms with Gasteiger partial charge in [0.2, 0.25) is 5.91 Å². The lowest BCUT2D eigenvalue weighted by Gasteiger charge is -2.32. The highest BCUT2D eigenvalue weighted by atomic mass is 16.3. The maximum absolute atomic E-state index is 12.0. The Hall–Kier alpha value is -1.82. The maximum atomic E-state index is 12.0. The van der Waals surface area contributed by atoms with Gasteiger partial charge in [-0.05, 0) is 31.5 Å². The van der Waals surface area contributed by atoms with Crippen LogP contribution in [0.2, 0.25) is 0 Å². The van der Waals surface area contributed by atoms with Crippen LogP contribution in [0, 0.1) is 0 Å². The topological polar surface area (TPSA) is 74.6 Å². The van der Waals surface area contributed by atoms with Crippen molar-refractivity contribution in [3.8, 4) is 0 Å². The second kappa shape index (κ2) is 8.58. The zero-order valence-electron chi connectivity index (χ0n) is 13.1. The molecule has 1 aromatic rings. The summed E-state index contributed by atoms with van der Waals surface area (Å²) in [6.45, 7) is 3.42. The quantitative estimate of drug-likeness (QED) is 0.845. The number of hydrogen-bond donors (Lipinski definition) is 2. The second-order valence-electron chi connectivity index (χ2n) is 5.67. The van der Waals surface area contributed by atoms with Crippen LogP contribution in [-0.2, 0) is 11.3 Å². The molecule has 1 aromatic heterocycles. The Balaban J connectivity index is 1.72. The van der Waals surface area contributed by atoms with Crippen LogP contribution in [0.25, 0.3) is 0 Å². The van der Waals surface area contributed by atoms with E-state index in [0.29, 0.717) is 11.8 Å². The van der Waals surface area contributed by atoms with Gasteiger partial charge in [0.15, 0.2) is 0 Å². The fourth-order valence-corrected chi connectivity index (χ4v) is 2.92. The van der Waals surface area contributed by atoms with Crippen LogP contribution in [0.4, 0.5) is 4.79 Å². The molecule has 1 fully saturated rings. The van der Waals surface area contributed by atoms with Gasteiger partial charge < -0.3 is 9.73 Å². The second-order valence-corrected chi connectivity index (χ2v) is 5.67. The number of likely N-dealkylation sites (N-methyl/N-ethyl adjacent to an activating group) is 1. The summed E-state index contributed by atoms with van der Waals surface area (Å²) in [6.07, 6.45) is 7.58. The standard InChI is InChI=1S/C16H25N3O3/c1-2-19(13-7-4-3-5-8-13)12-15(20)18-16(21)17-11-14-9-6-10-22-14/h6,9-10,13H,2-5,7-8,11-12H2,1H3,(H2,17,18,20,21). The fourth-order valence-electron chi connectivity index (χ4n) is 2.92. The number of urea groups is 1. The summed E-state index contributed by atoms with van der Waals surface area (Å²) in [5, 5.41) is 4.98. The number of hydrogen-bond acceptors (Lipinski definition) is 4. The number of furan rings is 1. The first kappa shape index (κ1) is 16.5. The number of carbonyl (C=O) groups is 2. The summed E-state index contributed by atoms with van der Waals surface area (Å²) in [5.41, 5.74) is 0. The summed E-state index contributed by atoms with van der Waals surface area (Å²) in [6, 6.07) is 3.50. The monoisotopic (exact) mass is 307 g/mol. The van der Waals surface area contributed by atoms with Crippen LogP contribution in [0.15, 0.2) is 22.8 Å². The van der Waals surface area contributed by atoms with Crippen LogP contribution >= 0.6 is 0 Å². The minimum absolute atomic E-state index is 0.260. The Labute approximate surface area is 131 Å². The van der Waals surface area contributed by atoms with Gasteiger partial charge in [-0.3, -0.25) is 15.0 Å². The van der Waals surface area contributed by atoms with Crippen LogP contribution < -0.4 is 10.6 Å². The molecule has 0 aliphatic heterocycles. The van der Waals surface area contributed by atoms with Crippen molar-refractivity contribution >= 4 is 11.9 Å². The van der Waals surface area contributed by atoms with Gasteiger partial charge in [0.25, 0.3) is 0 Å². The smallest absolute Gasteiger partial charge is 0.321 e.